The third-order valence-corrected chi connectivity index (χ3v) is 1.28. The SMILES string of the molecule is Oc1cccc2c1NOO2. The second-order valence-electron chi connectivity index (χ2n) is 1.92. The molecule has 0 saturated carbocycles. The second kappa shape index (κ2) is 1.78. The molecule has 0 aromatic heterocycles. The lowest BCUT2D eigenvalue weighted by Crippen LogP contribution is -1.91. The maximum atomic E-state index is 9.11. The van der Waals surface area contributed by atoms with Crippen molar-refractivity contribution >= 4 is 5.69 Å². The summed E-state index contributed by atoms with van der Waals surface area (Å²) in [5, 5.41) is 9.11. The summed E-state index contributed by atoms with van der Waals surface area (Å²) in [7, 11) is 0. The molecule has 0 radical (unpaired) electrons. The quantitative estimate of drug-likeness (QED) is 0.416. The number of hydrogen-bond donors (Lipinski definition) is 2. The van der Waals surface area contributed by atoms with E-state index in [9.17, 15) is 0 Å². The standard InChI is InChI=1S/C6H5NO3/c8-4-2-1-3-5-6(4)7-10-9-5/h1-3,7-8H. The largest absolute Gasteiger partial charge is 0.506 e. The Kier molecular flexibility index (Phi) is 0.956. The zero-order chi connectivity index (χ0) is 6.97. The molecule has 0 unspecified atom stereocenters. The molecule has 4 heteroatoms. The zero-order valence-electron chi connectivity index (χ0n) is 5.00. The van der Waals surface area contributed by atoms with Gasteiger partial charge >= 0.3 is 0 Å². The van der Waals surface area contributed by atoms with Gasteiger partial charge in [0.1, 0.15) is 5.75 Å². The minimum absolute atomic E-state index is 0.120. The highest BCUT2D eigenvalue weighted by Gasteiger charge is 2.15. The number of para-hydroxylation sites is 1. The van der Waals surface area contributed by atoms with Crippen molar-refractivity contribution in [3.8, 4) is 11.5 Å². The second-order valence-corrected chi connectivity index (χ2v) is 1.92. The zero-order valence-corrected chi connectivity index (χ0v) is 5.00. The normalized spacial score (nSPS) is 13.6. The van der Waals surface area contributed by atoms with Crippen molar-refractivity contribution in [1.29, 1.82) is 0 Å². The van der Waals surface area contributed by atoms with Crippen molar-refractivity contribution in [2.75, 3.05) is 5.48 Å². The Balaban J connectivity index is 2.59. The third kappa shape index (κ3) is 0.593. The van der Waals surface area contributed by atoms with Gasteiger partial charge in [0.25, 0.3) is 0 Å². The van der Waals surface area contributed by atoms with Gasteiger partial charge in [0, 0.05) is 0 Å². The summed E-state index contributed by atoms with van der Waals surface area (Å²) in [5.74, 6) is 0.620. The van der Waals surface area contributed by atoms with Gasteiger partial charge < -0.3 is 9.99 Å². The molecule has 4 nitrogen and oxygen atoms in total. The first-order valence-corrected chi connectivity index (χ1v) is 2.79. The molecule has 0 amide bonds. The van der Waals surface area contributed by atoms with Crippen LogP contribution in [0.1, 0.15) is 0 Å². The van der Waals surface area contributed by atoms with Crippen LogP contribution in [0.5, 0.6) is 11.5 Å². The van der Waals surface area contributed by atoms with Crippen LogP contribution in [0.3, 0.4) is 0 Å². The van der Waals surface area contributed by atoms with Gasteiger partial charge in [-0.05, 0) is 12.1 Å². The number of anilines is 1. The Morgan fingerprint density at radius 1 is 1.40 bits per heavy atom. The molecule has 1 heterocycles. The molecule has 10 heavy (non-hydrogen) atoms. The number of phenols is 1. The van der Waals surface area contributed by atoms with Crippen LogP contribution < -0.4 is 10.4 Å². The van der Waals surface area contributed by atoms with Gasteiger partial charge in [0.05, 0.1) is 0 Å². The van der Waals surface area contributed by atoms with Crippen LogP contribution >= 0.6 is 0 Å². The van der Waals surface area contributed by atoms with E-state index in [0.29, 0.717) is 11.4 Å². The number of benzene rings is 1. The fourth-order valence-electron chi connectivity index (χ4n) is 0.799. The lowest BCUT2D eigenvalue weighted by molar-refractivity contribution is -0.160. The van der Waals surface area contributed by atoms with Gasteiger partial charge in [-0.2, -0.15) is 0 Å². The maximum absolute atomic E-state index is 9.11. The number of fused-ring (bicyclic) bond motifs is 1. The van der Waals surface area contributed by atoms with Gasteiger partial charge in [-0.3, -0.25) is 0 Å². The van der Waals surface area contributed by atoms with E-state index in [0.717, 1.165) is 0 Å². The van der Waals surface area contributed by atoms with E-state index in [1.165, 1.54) is 0 Å². The lowest BCUT2D eigenvalue weighted by atomic mass is 10.3. The molecular weight excluding hydrogens is 134 g/mol. The van der Waals surface area contributed by atoms with Crippen LogP contribution in [-0.2, 0) is 4.99 Å². The molecule has 0 atom stereocenters. The van der Waals surface area contributed by atoms with Crippen molar-refractivity contribution < 1.29 is 15.0 Å². The summed E-state index contributed by atoms with van der Waals surface area (Å²) in [6.07, 6.45) is 0. The van der Waals surface area contributed by atoms with Crippen molar-refractivity contribution in [1.82, 2.24) is 0 Å². The van der Waals surface area contributed by atoms with Crippen LogP contribution in [0.15, 0.2) is 18.2 Å². The van der Waals surface area contributed by atoms with Crippen LogP contribution in [0.2, 0.25) is 0 Å². The fraction of sp³-hybridized carbons (Fsp3) is 0. The van der Waals surface area contributed by atoms with Crippen LogP contribution in [0.25, 0.3) is 0 Å². The maximum Gasteiger partial charge on any atom is 0.197 e. The highest BCUT2D eigenvalue weighted by molar-refractivity contribution is 5.65. The average molecular weight is 139 g/mol. The van der Waals surface area contributed by atoms with Gasteiger partial charge in [-0.25, -0.2) is 5.48 Å². The molecular formula is C6H5NO3. The van der Waals surface area contributed by atoms with Gasteiger partial charge in [0.15, 0.2) is 11.4 Å². The molecule has 0 fully saturated rings. The Bertz CT molecular complexity index is 261. The summed E-state index contributed by atoms with van der Waals surface area (Å²) in [4.78, 5) is 8.99. The first kappa shape index (κ1) is 5.37. The molecule has 1 aromatic carbocycles. The number of rotatable bonds is 0. The van der Waals surface area contributed by atoms with Crippen molar-refractivity contribution in [2.45, 2.75) is 0 Å². The fourth-order valence-corrected chi connectivity index (χ4v) is 0.799. The smallest absolute Gasteiger partial charge is 0.197 e. The summed E-state index contributed by atoms with van der Waals surface area (Å²) in [6.45, 7) is 0. The molecule has 52 valence electrons. The van der Waals surface area contributed by atoms with E-state index in [1.807, 2.05) is 0 Å². The Hall–Kier alpha value is -1.42. The molecule has 2 rings (SSSR count). The number of nitrogens with one attached hydrogen (secondary N) is 1. The minimum Gasteiger partial charge on any atom is -0.506 e. The van der Waals surface area contributed by atoms with Crippen molar-refractivity contribution in [2.24, 2.45) is 0 Å². The van der Waals surface area contributed by atoms with Crippen LogP contribution in [0.4, 0.5) is 5.69 Å². The molecule has 0 aliphatic carbocycles. The van der Waals surface area contributed by atoms with Crippen molar-refractivity contribution in [3.63, 3.8) is 0 Å². The van der Waals surface area contributed by atoms with E-state index < -0.39 is 0 Å². The molecule has 1 aliphatic heterocycles. The molecule has 1 aliphatic rings. The molecule has 2 N–H and O–H groups in total. The highest BCUT2D eigenvalue weighted by atomic mass is 17.3. The first-order valence-electron chi connectivity index (χ1n) is 2.79. The predicted octanol–water partition coefficient (Wildman–Crippen LogP) is 1.04. The average Bonchev–Trinajstić information content (AvgIpc) is 2.36. The van der Waals surface area contributed by atoms with Gasteiger partial charge in [-0.15, -0.1) is 0 Å². The Morgan fingerprint density at radius 2 is 2.30 bits per heavy atom. The van der Waals surface area contributed by atoms with E-state index in [2.05, 4.69) is 15.4 Å². The van der Waals surface area contributed by atoms with E-state index in [-0.39, 0.29) is 5.75 Å². The van der Waals surface area contributed by atoms with Crippen molar-refractivity contribution in [3.05, 3.63) is 18.2 Å². The monoisotopic (exact) mass is 139 g/mol. The Morgan fingerprint density at radius 3 is 3.10 bits per heavy atom. The lowest BCUT2D eigenvalue weighted by Gasteiger charge is -1.93. The topological polar surface area (TPSA) is 50.7 Å². The van der Waals surface area contributed by atoms with Gasteiger partial charge in [0.2, 0.25) is 0 Å². The summed E-state index contributed by atoms with van der Waals surface area (Å²) in [6, 6.07) is 4.91. The van der Waals surface area contributed by atoms with Crippen LogP contribution in [-0.4, -0.2) is 5.11 Å². The van der Waals surface area contributed by atoms with E-state index >= 15 is 0 Å². The predicted molar refractivity (Wildman–Crippen MR) is 33.4 cm³/mol. The first-order chi connectivity index (χ1) is 4.88. The highest BCUT2D eigenvalue weighted by Crippen LogP contribution is 2.36. The van der Waals surface area contributed by atoms with Crippen LogP contribution in [0, 0.1) is 0 Å². The van der Waals surface area contributed by atoms with E-state index in [4.69, 9.17) is 5.11 Å². The summed E-state index contributed by atoms with van der Waals surface area (Å²) >= 11 is 0. The molecule has 0 saturated heterocycles. The molecule has 1 aromatic rings. The van der Waals surface area contributed by atoms with Gasteiger partial charge in [-0.1, -0.05) is 11.1 Å². The Labute approximate surface area is 56.9 Å². The number of hydrogen-bond acceptors (Lipinski definition) is 4. The molecule has 0 bridgehead atoms. The molecule has 0 spiro atoms. The number of aromatic hydroxyl groups is 1. The number of phenolic OH excluding ortho intramolecular Hbond substituents is 1. The third-order valence-electron chi connectivity index (χ3n) is 1.28. The van der Waals surface area contributed by atoms with E-state index in [1.54, 1.807) is 18.2 Å². The minimum atomic E-state index is 0.120. The summed E-state index contributed by atoms with van der Waals surface area (Å²) in [5.41, 5.74) is 2.87. The summed E-state index contributed by atoms with van der Waals surface area (Å²) < 4.78 is 0.